The Bertz CT molecular complexity index is 1030. The van der Waals surface area contributed by atoms with Crippen molar-refractivity contribution in [1.82, 2.24) is 14.8 Å². The molecule has 150 valence electrons. The van der Waals surface area contributed by atoms with E-state index in [4.69, 9.17) is 0 Å². The summed E-state index contributed by atoms with van der Waals surface area (Å²) in [6, 6.07) is 12.3. The number of amides is 1. The second-order valence-electron chi connectivity index (χ2n) is 6.81. The average molecular weight is 411 g/mol. The molecule has 5 nitrogen and oxygen atoms in total. The van der Waals surface area contributed by atoms with Gasteiger partial charge in [0, 0.05) is 12.2 Å². The van der Waals surface area contributed by atoms with Crippen molar-refractivity contribution in [3.63, 3.8) is 0 Å². The largest absolute Gasteiger partial charge is 0.325 e. The molecule has 1 unspecified atom stereocenters. The molecule has 0 aliphatic carbocycles. The average Bonchev–Trinajstić information content (AvgIpc) is 3.04. The predicted octanol–water partition coefficient (Wildman–Crippen LogP) is 5.01. The molecule has 0 bridgehead atoms. The summed E-state index contributed by atoms with van der Waals surface area (Å²) in [6.07, 6.45) is 1.69. The lowest BCUT2D eigenvalue weighted by molar-refractivity contribution is -0.115. The first-order chi connectivity index (χ1) is 13.9. The molecule has 3 rings (SSSR count). The van der Waals surface area contributed by atoms with Crippen LogP contribution in [0.25, 0.3) is 11.4 Å². The molecule has 0 saturated heterocycles. The molecule has 1 atom stereocenters. The number of hydrogen-bond acceptors (Lipinski definition) is 4. The van der Waals surface area contributed by atoms with Crippen LogP contribution in [0.2, 0.25) is 0 Å². The first kappa shape index (κ1) is 20.8. The molecule has 0 fully saturated rings. The quantitative estimate of drug-likeness (QED) is 0.440. The Kier molecular flexibility index (Phi) is 6.49. The monoisotopic (exact) mass is 410 g/mol. The molecule has 1 heterocycles. The number of nitrogens with zero attached hydrogens (tertiary/aromatic N) is 3. The van der Waals surface area contributed by atoms with E-state index < -0.39 is 5.25 Å². The fourth-order valence-corrected chi connectivity index (χ4v) is 3.87. The maximum Gasteiger partial charge on any atom is 0.237 e. The Morgan fingerprint density at radius 2 is 1.93 bits per heavy atom. The van der Waals surface area contributed by atoms with Gasteiger partial charge in [-0.05, 0) is 56.2 Å². The normalized spacial score (nSPS) is 11.9. The van der Waals surface area contributed by atoms with Crippen molar-refractivity contribution in [1.29, 1.82) is 0 Å². The van der Waals surface area contributed by atoms with Crippen LogP contribution in [0.1, 0.15) is 18.1 Å². The molecular formula is C22H23FN4OS. The highest BCUT2D eigenvalue weighted by atomic mass is 32.2. The maximum atomic E-state index is 14.2. The van der Waals surface area contributed by atoms with Crippen LogP contribution in [0.15, 0.2) is 60.3 Å². The van der Waals surface area contributed by atoms with E-state index >= 15 is 0 Å². The van der Waals surface area contributed by atoms with Crippen LogP contribution in [-0.2, 0) is 11.3 Å². The summed E-state index contributed by atoms with van der Waals surface area (Å²) in [7, 11) is 0. The molecule has 3 aromatic rings. The second-order valence-corrected chi connectivity index (χ2v) is 8.12. The van der Waals surface area contributed by atoms with E-state index in [0.717, 1.165) is 16.8 Å². The summed E-state index contributed by atoms with van der Waals surface area (Å²) in [4.78, 5) is 12.7. The van der Waals surface area contributed by atoms with Gasteiger partial charge in [-0.15, -0.1) is 16.8 Å². The molecule has 0 aliphatic heterocycles. The van der Waals surface area contributed by atoms with Crippen LogP contribution >= 0.6 is 11.8 Å². The first-order valence-corrected chi connectivity index (χ1v) is 10.1. The molecule has 2 aromatic carbocycles. The van der Waals surface area contributed by atoms with Crippen LogP contribution in [0.5, 0.6) is 0 Å². The van der Waals surface area contributed by atoms with Crippen molar-refractivity contribution in [3.8, 4) is 11.4 Å². The third-order valence-electron chi connectivity index (χ3n) is 4.28. The van der Waals surface area contributed by atoms with E-state index in [1.54, 1.807) is 35.8 Å². The van der Waals surface area contributed by atoms with Gasteiger partial charge in [-0.2, -0.15) is 0 Å². The van der Waals surface area contributed by atoms with Gasteiger partial charge in [-0.3, -0.25) is 9.36 Å². The smallest absolute Gasteiger partial charge is 0.237 e. The number of allylic oxidation sites excluding steroid dienone is 1. The van der Waals surface area contributed by atoms with Gasteiger partial charge < -0.3 is 5.32 Å². The number of aromatic nitrogens is 3. The molecule has 1 aromatic heterocycles. The van der Waals surface area contributed by atoms with Crippen molar-refractivity contribution in [3.05, 3.63) is 72.1 Å². The van der Waals surface area contributed by atoms with Gasteiger partial charge in [-0.1, -0.05) is 36.0 Å². The van der Waals surface area contributed by atoms with Crippen LogP contribution in [0.3, 0.4) is 0 Å². The number of nitrogens with one attached hydrogen (secondary N) is 1. The third-order valence-corrected chi connectivity index (χ3v) is 5.36. The summed E-state index contributed by atoms with van der Waals surface area (Å²) < 4.78 is 16.0. The summed E-state index contributed by atoms with van der Waals surface area (Å²) >= 11 is 1.27. The van der Waals surface area contributed by atoms with Gasteiger partial charge in [0.05, 0.1) is 10.8 Å². The van der Waals surface area contributed by atoms with Gasteiger partial charge in [0.15, 0.2) is 11.0 Å². The molecule has 1 amide bonds. The molecule has 0 aliphatic rings. The summed E-state index contributed by atoms with van der Waals surface area (Å²) in [5.74, 6) is -0.101. The van der Waals surface area contributed by atoms with Gasteiger partial charge in [-0.25, -0.2) is 4.39 Å². The highest BCUT2D eigenvalue weighted by molar-refractivity contribution is 8.00. The zero-order chi connectivity index (χ0) is 21.0. The number of anilines is 1. The lowest BCUT2D eigenvalue weighted by Crippen LogP contribution is -2.23. The zero-order valence-corrected chi connectivity index (χ0v) is 17.5. The Morgan fingerprint density at radius 1 is 1.24 bits per heavy atom. The number of benzene rings is 2. The number of hydrogen-bond donors (Lipinski definition) is 1. The van der Waals surface area contributed by atoms with Crippen molar-refractivity contribution in [2.24, 2.45) is 0 Å². The van der Waals surface area contributed by atoms with Crippen LogP contribution in [0, 0.1) is 19.7 Å². The molecule has 0 spiro atoms. The Hall–Kier alpha value is -2.93. The van der Waals surface area contributed by atoms with Crippen molar-refractivity contribution >= 4 is 23.4 Å². The number of halogens is 1. The van der Waals surface area contributed by atoms with Gasteiger partial charge in [0.1, 0.15) is 5.82 Å². The standard InChI is InChI=1S/C22H23FN4OS/c1-5-10-27-20(18-8-6-7-9-19(18)23)25-26-22(27)29-16(4)21(28)24-17-12-14(2)11-15(3)13-17/h5-9,11-13,16H,1,10H2,2-4H3,(H,24,28). The minimum Gasteiger partial charge on any atom is -0.325 e. The minimum atomic E-state index is -0.419. The molecule has 7 heteroatoms. The maximum absolute atomic E-state index is 14.2. The van der Waals surface area contributed by atoms with Gasteiger partial charge in [0.2, 0.25) is 5.91 Å². The Morgan fingerprint density at radius 3 is 2.59 bits per heavy atom. The molecule has 1 N–H and O–H groups in total. The summed E-state index contributed by atoms with van der Waals surface area (Å²) in [6.45, 7) is 9.95. The highest BCUT2D eigenvalue weighted by Crippen LogP contribution is 2.28. The fourth-order valence-electron chi connectivity index (χ4n) is 3.01. The van der Waals surface area contributed by atoms with Gasteiger partial charge >= 0.3 is 0 Å². The molecular weight excluding hydrogens is 387 g/mol. The number of carbonyl (C=O) groups is 1. The number of rotatable bonds is 7. The van der Waals surface area contributed by atoms with Crippen LogP contribution in [0.4, 0.5) is 10.1 Å². The van der Waals surface area contributed by atoms with Crippen molar-refractivity contribution in [2.75, 3.05) is 5.32 Å². The van der Waals surface area contributed by atoms with E-state index in [9.17, 15) is 9.18 Å². The number of aryl methyl sites for hydroxylation is 2. The zero-order valence-electron chi connectivity index (χ0n) is 16.6. The minimum absolute atomic E-state index is 0.138. The Labute approximate surface area is 174 Å². The van der Waals surface area contributed by atoms with E-state index in [0.29, 0.717) is 23.1 Å². The fraction of sp³-hybridized carbons (Fsp3) is 0.227. The topological polar surface area (TPSA) is 59.8 Å². The van der Waals surface area contributed by atoms with Crippen LogP contribution in [-0.4, -0.2) is 25.9 Å². The lowest BCUT2D eigenvalue weighted by Gasteiger charge is -2.14. The SMILES string of the molecule is C=CCn1c(SC(C)C(=O)Nc2cc(C)cc(C)c2)nnc1-c1ccccc1F. The van der Waals surface area contributed by atoms with E-state index in [1.807, 2.05) is 26.0 Å². The predicted molar refractivity (Wildman–Crippen MR) is 115 cm³/mol. The molecule has 0 radical (unpaired) electrons. The molecule has 0 saturated carbocycles. The van der Waals surface area contributed by atoms with Crippen LogP contribution < -0.4 is 5.32 Å². The van der Waals surface area contributed by atoms with E-state index in [-0.39, 0.29) is 11.7 Å². The van der Waals surface area contributed by atoms with Crippen molar-refractivity contribution < 1.29 is 9.18 Å². The second kappa shape index (κ2) is 9.05. The first-order valence-electron chi connectivity index (χ1n) is 9.24. The van der Waals surface area contributed by atoms with Crippen molar-refractivity contribution in [2.45, 2.75) is 37.7 Å². The summed E-state index contributed by atoms with van der Waals surface area (Å²) in [5, 5.41) is 11.4. The molecule has 29 heavy (non-hydrogen) atoms. The highest BCUT2D eigenvalue weighted by Gasteiger charge is 2.21. The summed E-state index contributed by atoms with van der Waals surface area (Å²) in [5.41, 5.74) is 3.29. The number of carbonyl (C=O) groups excluding carboxylic acids is 1. The van der Waals surface area contributed by atoms with Gasteiger partial charge in [0.25, 0.3) is 0 Å². The Balaban J connectivity index is 1.81. The third kappa shape index (κ3) is 4.92. The lowest BCUT2D eigenvalue weighted by atomic mass is 10.1. The number of thioether (sulfide) groups is 1. The van der Waals surface area contributed by atoms with E-state index in [1.165, 1.54) is 17.8 Å². The van der Waals surface area contributed by atoms with E-state index in [2.05, 4.69) is 28.2 Å².